The highest BCUT2D eigenvalue weighted by Crippen LogP contribution is 2.67. The zero-order chi connectivity index (χ0) is 21.3. The van der Waals surface area contributed by atoms with Crippen LogP contribution in [0.3, 0.4) is 0 Å². The maximum Gasteiger partial charge on any atom is 0.0707 e. The van der Waals surface area contributed by atoms with E-state index < -0.39 is 0 Å². The van der Waals surface area contributed by atoms with Crippen molar-refractivity contribution in [3.8, 4) is 0 Å². The van der Waals surface area contributed by atoms with Crippen molar-refractivity contribution in [3.05, 3.63) is 11.6 Å². The summed E-state index contributed by atoms with van der Waals surface area (Å²) in [4.78, 5) is 0. The molecule has 8 atom stereocenters. The van der Waals surface area contributed by atoms with E-state index in [0.29, 0.717) is 22.7 Å². The van der Waals surface area contributed by atoms with Gasteiger partial charge in [0.15, 0.2) is 0 Å². The van der Waals surface area contributed by atoms with Crippen LogP contribution in [-0.2, 0) is 4.74 Å². The number of hydrogen-bond donors (Lipinski definition) is 1. The third-order valence-electron chi connectivity index (χ3n) is 11.3. The van der Waals surface area contributed by atoms with Gasteiger partial charge in [-0.05, 0) is 111 Å². The summed E-state index contributed by atoms with van der Waals surface area (Å²) in [6, 6.07) is 0. The van der Waals surface area contributed by atoms with E-state index in [9.17, 15) is 5.11 Å². The zero-order valence-electron chi connectivity index (χ0n) is 20.3. The molecule has 0 bridgehead atoms. The molecule has 0 aromatic rings. The van der Waals surface area contributed by atoms with Gasteiger partial charge in [0.25, 0.3) is 0 Å². The van der Waals surface area contributed by atoms with Gasteiger partial charge in [-0.25, -0.2) is 0 Å². The van der Waals surface area contributed by atoms with Crippen LogP contribution in [0.15, 0.2) is 11.6 Å². The van der Waals surface area contributed by atoms with E-state index >= 15 is 0 Å². The van der Waals surface area contributed by atoms with Crippen molar-refractivity contribution in [2.45, 2.75) is 111 Å². The SMILES string of the molecule is CC(C)C1(OC[C@@H](C)[C@H]2CC[C@H]3[C@@H]4CC=C5C[C@@H](O)CC[C@]5(C)[C@H]4CC[C@]23C)CC1. The predicted molar refractivity (Wildman–Crippen MR) is 123 cm³/mol. The fourth-order valence-corrected chi connectivity index (χ4v) is 9.04. The zero-order valence-corrected chi connectivity index (χ0v) is 20.3. The van der Waals surface area contributed by atoms with E-state index in [1.54, 1.807) is 5.57 Å². The van der Waals surface area contributed by atoms with Crippen LogP contribution in [0.5, 0.6) is 0 Å². The third kappa shape index (κ3) is 3.18. The quantitative estimate of drug-likeness (QED) is 0.503. The van der Waals surface area contributed by atoms with Gasteiger partial charge < -0.3 is 9.84 Å². The van der Waals surface area contributed by atoms with Gasteiger partial charge in [0.2, 0.25) is 0 Å². The average Bonchev–Trinajstić information content (AvgIpc) is 3.42. The highest BCUT2D eigenvalue weighted by Gasteiger charge is 2.59. The first kappa shape index (κ1) is 21.5. The monoisotopic (exact) mass is 414 g/mol. The van der Waals surface area contributed by atoms with Gasteiger partial charge in [0.1, 0.15) is 0 Å². The molecule has 5 rings (SSSR count). The first-order valence-electron chi connectivity index (χ1n) is 13.2. The van der Waals surface area contributed by atoms with Crippen molar-refractivity contribution in [3.63, 3.8) is 0 Å². The molecule has 170 valence electrons. The Hall–Kier alpha value is -0.340. The maximum atomic E-state index is 10.2. The Balaban J connectivity index is 1.30. The molecular weight excluding hydrogens is 368 g/mol. The fraction of sp³-hybridized carbons (Fsp3) is 0.929. The molecule has 2 nitrogen and oxygen atoms in total. The molecule has 0 amide bonds. The second-order valence-electron chi connectivity index (χ2n) is 12.9. The molecule has 0 aromatic carbocycles. The number of ether oxygens (including phenoxy) is 1. The summed E-state index contributed by atoms with van der Waals surface area (Å²) < 4.78 is 6.57. The van der Waals surface area contributed by atoms with Gasteiger partial charge in [-0.15, -0.1) is 0 Å². The molecule has 4 fully saturated rings. The van der Waals surface area contributed by atoms with Crippen LogP contribution in [0.25, 0.3) is 0 Å². The highest BCUT2D eigenvalue weighted by molar-refractivity contribution is 5.25. The molecule has 2 heteroatoms. The maximum absolute atomic E-state index is 10.2. The lowest BCUT2D eigenvalue weighted by Gasteiger charge is -2.58. The van der Waals surface area contributed by atoms with E-state index in [1.807, 2.05) is 0 Å². The van der Waals surface area contributed by atoms with Crippen LogP contribution in [0.4, 0.5) is 0 Å². The molecule has 0 heterocycles. The van der Waals surface area contributed by atoms with Crippen LogP contribution in [0.1, 0.15) is 98.8 Å². The van der Waals surface area contributed by atoms with Crippen LogP contribution in [0, 0.1) is 46.3 Å². The Bertz CT molecular complexity index is 691. The molecular formula is C28H46O2. The Labute approximate surface area is 185 Å². The van der Waals surface area contributed by atoms with Gasteiger partial charge in [-0.1, -0.05) is 46.3 Å². The topological polar surface area (TPSA) is 29.5 Å². The normalized spacial score (nSPS) is 47.8. The number of aliphatic hydroxyl groups is 1. The standard InChI is InChI=1S/C28H46O2/c1-18(2)28(14-15-28)30-17-19(3)23-8-9-24-22-7-6-20-16-21(29)10-12-26(20,4)25(22)11-13-27(23,24)5/h6,18-19,21-25,29H,7-17H2,1-5H3/t19-,21+,22+,23-,24+,25+,26+,27-/m1/s1. The molecule has 0 radical (unpaired) electrons. The minimum Gasteiger partial charge on any atom is -0.393 e. The summed E-state index contributed by atoms with van der Waals surface area (Å²) in [5, 5.41) is 10.2. The lowest BCUT2D eigenvalue weighted by molar-refractivity contribution is -0.0745. The summed E-state index contributed by atoms with van der Waals surface area (Å²) >= 11 is 0. The van der Waals surface area contributed by atoms with Gasteiger partial charge in [-0.3, -0.25) is 0 Å². The molecule has 0 spiro atoms. The predicted octanol–water partition coefficient (Wildman–Crippen LogP) is 6.77. The number of rotatable bonds is 5. The van der Waals surface area contributed by atoms with Crippen molar-refractivity contribution in [2.75, 3.05) is 6.61 Å². The number of hydrogen-bond acceptors (Lipinski definition) is 2. The first-order chi connectivity index (χ1) is 14.2. The van der Waals surface area contributed by atoms with Gasteiger partial charge in [-0.2, -0.15) is 0 Å². The largest absolute Gasteiger partial charge is 0.393 e. The molecule has 30 heavy (non-hydrogen) atoms. The molecule has 5 aliphatic carbocycles. The number of fused-ring (bicyclic) bond motifs is 5. The highest BCUT2D eigenvalue weighted by atomic mass is 16.5. The van der Waals surface area contributed by atoms with Gasteiger partial charge in [0.05, 0.1) is 18.3 Å². The van der Waals surface area contributed by atoms with Crippen LogP contribution < -0.4 is 0 Å². The lowest BCUT2D eigenvalue weighted by atomic mass is 9.47. The van der Waals surface area contributed by atoms with Crippen LogP contribution in [0.2, 0.25) is 0 Å². The Morgan fingerprint density at radius 3 is 2.47 bits per heavy atom. The molecule has 0 saturated heterocycles. The molecule has 0 unspecified atom stereocenters. The fourth-order valence-electron chi connectivity index (χ4n) is 9.04. The van der Waals surface area contributed by atoms with E-state index in [2.05, 4.69) is 40.7 Å². The Morgan fingerprint density at radius 1 is 1.00 bits per heavy atom. The smallest absolute Gasteiger partial charge is 0.0707 e. The van der Waals surface area contributed by atoms with E-state index in [0.717, 1.165) is 43.1 Å². The van der Waals surface area contributed by atoms with Crippen molar-refractivity contribution in [2.24, 2.45) is 46.3 Å². The van der Waals surface area contributed by atoms with Gasteiger partial charge in [0, 0.05) is 0 Å². The van der Waals surface area contributed by atoms with Crippen molar-refractivity contribution in [1.82, 2.24) is 0 Å². The van der Waals surface area contributed by atoms with Crippen molar-refractivity contribution >= 4 is 0 Å². The molecule has 0 aromatic heterocycles. The molecule has 1 N–H and O–H groups in total. The van der Waals surface area contributed by atoms with Crippen molar-refractivity contribution in [1.29, 1.82) is 0 Å². The Kier molecular flexibility index (Phi) is 5.26. The van der Waals surface area contributed by atoms with E-state index in [-0.39, 0.29) is 11.7 Å². The second kappa shape index (κ2) is 7.34. The Morgan fingerprint density at radius 2 is 1.77 bits per heavy atom. The van der Waals surface area contributed by atoms with Crippen LogP contribution >= 0.6 is 0 Å². The van der Waals surface area contributed by atoms with E-state index in [1.165, 1.54) is 51.4 Å². The van der Waals surface area contributed by atoms with Crippen molar-refractivity contribution < 1.29 is 9.84 Å². The minimum atomic E-state index is -0.0907. The summed E-state index contributed by atoms with van der Waals surface area (Å²) in [5.74, 6) is 4.79. The summed E-state index contributed by atoms with van der Waals surface area (Å²) in [6.45, 7) is 13.3. The van der Waals surface area contributed by atoms with Crippen LogP contribution in [-0.4, -0.2) is 23.4 Å². The molecule has 4 saturated carbocycles. The number of allylic oxidation sites excluding steroid dienone is 1. The minimum absolute atomic E-state index is 0.0907. The second-order valence-corrected chi connectivity index (χ2v) is 12.9. The van der Waals surface area contributed by atoms with E-state index in [4.69, 9.17) is 4.74 Å². The third-order valence-corrected chi connectivity index (χ3v) is 11.3. The average molecular weight is 415 g/mol. The summed E-state index contributed by atoms with van der Waals surface area (Å²) in [7, 11) is 0. The molecule has 0 aliphatic heterocycles. The number of aliphatic hydroxyl groups excluding tert-OH is 1. The first-order valence-corrected chi connectivity index (χ1v) is 13.2. The lowest BCUT2D eigenvalue weighted by Crippen LogP contribution is -2.51. The summed E-state index contributed by atoms with van der Waals surface area (Å²) in [6.07, 6.45) is 15.1. The van der Waals surface area contributed by atoms with Gasteiger partial charge >= 0.3 is 0 Å². The molecule has 5 aliphatic rings. The summed E-state index contributed by atoms with van der Waals surface area (Å²) in [5.41, 5.74) is 2.70.